The highest BCUT2D eigenvalue weighted by Crippen LogP contribution is 2.28. The Bertz CT molecular complexity index is 1120. The van der Waals surface area contributed by atoms with E-state index >= 15 is 0 Å². The molecule has 0 saturated heterocycles. The van der Waals surface area contributed by atoms with Gasteiger partial charge in [0, 0.05) is 5.56 Å². The lowest BCUT2D eigenvalue weighted by molar-refractivity contribution is -0.150. The van der Waals surface area contributed by atoms with Crippen molar-refractivity contribution in [3.63, 3.8) is 0 Å². The fraction of sp³-hybridized carbons (Fsp3) is 0.400. The quantitative estimate of drug-likeness (QED) is 0.385. The molecule has 0 spiro atoms. The van der Waals surface area contributed by atoms with E-state index in [1.807, 2.05) is 6.92 Å². The fourth-order valence-electron chi connectivity index (χ4n) is 3.27. The second-order valence-electron chi connectivity index (χ2n) is 8.23. The van der Waals surface area contributed by atoms with Crippen LogP contribution in [0.4, 0.5) is 5.88 Å². The SMILES string of the molecule is CCOC(=O)c1c(NC(=O)COC(=O)[C@@H](NC(=O)c2ccc(C)cc2)C(C)C)oc(C)c1C(C)=O. The van der Waals surface area contributed by atoms with E-state index in [-0.39, 0.29) is 35.3 Å². The molecule has 2 rings (SSSR count). The van der Waals surface area contributed by atoms with E-state index in [1.165, 1.54) is 13.8 Å². The molecular formula is C25H30N2O8. The molecule has 1 heterocycles. The number of Topliss-reactive ketones (excluding diaryl/α,β-unsaturated/α-hetero) is 1. The van der Waals surface area contributed by atoms with Gasteiger partial charge in [-0.3, -0.25) is 19.7 Å². The molecule has 0 radical (unpaired) electrons. The van der Waals surface area contributed by atoms with Crippen molar-refractivity contribution in [2.24, 2.45) is 5.92 Å². The molecule has 10 nitrogen and oxygen atoms in total. The number of carbonyl (C=O) groups excluding carboxylic acids is 5. The third-order valence-corrected chi connectivity index (χ3v) is 5.04. The summed E-state index contributed by atoms with van der Waals surface area (Å²) >= 11 is 0. The number of carbonyl (C=O) groups is 5. The molecular weight excluding hydrogens is 456 g/mol. The zero-order chi connectivity index (χ0) is 26.3. The largest absolute Gasteiger partial charge is 0.462 e. The average molecular weight is 487 g/mol. The number of ketones is 1. The van der Waals surface area contributed by atoms with Crippen molar-refractivity contribution in [3.05, 3.63) is 52.3 Å². The molecule has 10 heteroatoms. The van der Waals surface area contributed by atoms with Crippen LogP contribution in [0.15, 0.2) is 28.7 Å². The second-order valence-corrected chi connectivity index (χ2v) is 8.23. The van der Waals surface area contributed by atoms with Crippen LogP contribution in [0.25, 0.3) is 0 Å². The maximum Gasteiger partial charge on any atom is 0.344 e. The molecule has 2 aromatic rings. The molecule has 0 unspecified atom stereocenters. The zero-order valence-corrected chi connectivity index (χ0v) is 20.6. The summed E-state index contributed by atoms with van der Waals surface area (Å²) in [6.45, 7) is 9.00. The average Bonchev–Trinajstić information content (AvgIpc) is 3.11. The fourth-order valence-corrected chi connectivity index (χ4v) is 3.27. The van der Waals surface area contributed by atoms with Gasteiger partial charge in [-0.2, -0.15) is 0 Å². The van der Waals surface area contributed by atoms with Crippen LogP contribution in [0.1, 0.15) is 70.1 Å². The molecule has 188 valence electrons. The third kappa shape index (κ3) is 7.02. The van der Waals surface area contributed by atoms with Gasteiger partial charge in [-0.1, -0.05) is 31.5 Å². The van der Waals surface area contributed by atoms with Gasteiger partial charge in [0.2, 0.25) is 5.88 Å². The number of anilines is 1. The highest BCUT2D eigenvalue weighted by Gasteiger charge is 2.30. The van der Waals surface area contributed by atoms with Crippen molar-refractivity contribution in [1.29, 1.82) is 0 Å². The van der Waals surface area contributed by atoms with Gasteiger partial charge in [0.1, 0.15) is 17.4 Å². The number of hydrogen-bond acceptors (Lipinski definition) is 8. The van der Waals surface area contributed by atoms with Crippen LogP contribution in [-0.4, -0.2) is 48.8 Å². The minimum Gasteiger partial charge on any atom is -0.462 e. The van der Waals surface area contributed by atoms with Crippen LogP contribution in [0.2, 0.25) is 0 Å². The molecule has 0 fully saturated rings. The van der Waals surface area contributed by atoms with Crippen LogP contribution in [0, 0.1) is 19.8 Å². The van der Waals surface area contributed by atoms with E-state index in [2.05, 4.69) is 10.6 Å². The lowest BCUT2D eigenvalue weighted by atomic mass is 10.0. The summed E-state index contributed by atoms with van der Waals surface area (Å²) in [7, 11) is 0. The predicted octanol–water partition coefficient (Wildman–Crippen LogP) is 3.21. The highest BCUT2D eigenvalue weighted by molar-refractivity contribution is 6.10. The Kier molecular flexibility index (Phi) is 9.33. The second kappa shape index (κ2) is 12.0. The Morgan fingerprint density at radius 3 is 2.14 bits per heavy atom. The number of ether oxygens (including phenoxy) is 2. The molecule has 1 atom stereocenters. The van der Waals surface area contributed by atoms with Gasteiger partial charge in [0.05, 0.1) is 12.2 Å². The zero-order valence-electron chi connectivity index (χ0n) is 20.6. The number of aryl methyl sites for hydroxylation is 2. The Hall–Kier alpha value is -3.95. The molecule has 0 aliphatic heterocycles. The molecule has 0 saturated carbocycles. The van der Waals surface area contributed by atoms with Crippen molar-refractivity contribution in [1.82, 2.24) is 5.32 Å². The molecule has 0 bridgehead atoms. The third-order valence-electron chi connectivity index (χ3n) is 5.04. The standard InChI is InChI=1S/C25H30N2O8/c1-7-33-24(31)20-19(15(5)28)16(6)35-23(20)26-18(29)12-34-25(32)21(13(2)3)27-22(30)17-10-8-14(4)9-11-17/h8-11,13,21H,7,12H2,1-6H3,(H,26,29)(H,27,30)/t21-/m0/s1. The van der Waals surface area contributed by atoms with E-state index in [0.717, 1.165) is 5.56 Å². The maximum atomic E-state index is 12.6. The number of benzene rings is 1. The maximum absolute atomic E-state index is 12.6. The van der Waals surface area contributed by atoms with Gasteiger partial charge in [-0.15, -0.1) is 0 Å². The first-order valence-corrected chi connectivity index (χ1v) is 11.1. The number of rotatable bonds is 10. The first-order valence-electron chi connectivity index (χ1n) is 11.1. The summed E-state index contributed by atoms with van der Waals surface area (Å²) in [6.07, 6.45) is 0. The number of furan rings is 1. The lowest BCUT2D eigenvalue weighted by Gasteiger charge is -2.20. The molecule has 35 heavy (non-hydrogen) atoms. The molecule has 0 aliphatic carbocycles. The number of amides is 2. The normalized spacial score (nSPS) is 11.5. The topological polar surface area (TPSA) is 141 Å². The Labute approximate surface area is 203 Å². The van der Waals surface area contributed by atoms with Gasteiger partial charge in [0.15, 0.2) is 12.4 Å². The van der Waals surface area contributed by atoms with Crippen molar-refractivity contribution in [2.75, 3.05) is 18.5 Å². The van der Waals surface area contributed by atoms with Crippen molar-refractivity contribution >= 4 is 35.4 Å². The number of esters is 2. The summed E-state index contributed by atoms with van der Waals surface area (Å²) in [5.74, 6) is -3.80. The van der Waals surface area contributed by atoms with Crippen LogP contribution >= 0.6 is 0 Å². The summed E-state index contributed by atoms with van der Waals surface area (Å²) < 4.78 is 15.5. The monoisotopic (exact) mass is 486 g/mol. The first kappa shape index (κ1) is 27.3. The van der Waals surface area contributed by atoms with Gasteiger partial charge in [-0.05, 0) is 45.7 Å². The van der Waals surface area contributed by atoms with Crippen LogP contribution in [-0.2, 0) is 19.1 Å². The molecule has 0 aliphatic rings. The Balaban J connectivity index is 2.08. The van der Waals surface area contributed by atoms with Gasteiger partial charge < -0.3 is 19.2 Å². The summed E-state index contributed by atoms with van der Waals surface area (Å²) in [6, 6.07) is 5.84. The Morgan fingerprint density at radius 2 is 1.60 bits per heavy atom. The van der Waals surface area contributed by atoms with E-state index in [9.17, 15) is 24.0 Å². The van der Waals surface area contributed by atoms with Crippen molar-refractivity contribution in [2.45, 2.75) is 47.6 Å². The van der Waals surface area contributed by atoms with Gasteiger partial charge >= 0.3 is 11.9 Å². The van der Waals surface area contributed by atoms with E-state index in [0.29, 0.717) is 5.56 Å². The smallest absolute Gasteiger partial charge is 0.344 e. The first-order chi connectivity index (χ1) is 16.5. The van der Waals surface area contributed by atoms with Crippen LogP contribution in [0.3, 0.4) is 0 Å². The minimum atomic E-state index is -0.998. The molecule has 2 N–H and O–H groups in total. The Morgan fingerprint density at radius 1 is 0.971 bits per heavy atom. The summed E-state index contributed by atoms with van der Waals surface area (Å²) in [5, 5.41) is 4.96. The lowest BCUT2D eigenvalue weighted by Crippen LogP contribution is -2.45. The molecule has 2 amide bonds. The van der Waals surface area contributed by atoms with E-state index in [1.54, 1.807) is 45.0 Å². The van der Waals surface area contributed by atoms with Crippen LogP contribution in [0.5, 0.6) is 0 Å². The summed E-state index contributed by atoms with van der Waals surface area (Å²) in [4.78, 5) is 61.9. The van der Waals surface area contributed by atoms with Gasteiger partial charge in [-0.25, -0.2) is 9.59 Å². The van der Waals surface area contributed by atoms with E-state index in [4.69, 9.17) is 13.9 Å². The van der Waals surface area contributed by atoms with Crippen molar-refractivity contribution in [3.8, 4) is 0 Å². The van der Waals surface area contributed by atoms with E-state index < -0.39 is 42.2 Å². The minimum absolute atomic E-state index is 0.00515. The predicted molar refractivity (Wildman–Crippen MR) is 126 cm³/mol. The van der Waals surface area contributed by atoms with Gasteiger partial charge in [0.25, 0.3) is 11.8 Å². The molecule has 1 aromatic heterocycles. The van der Waals surface area contributed by atoms with Crippen molar-refractivity contribution < 1.29 is 37.9 Å². The highest BCUT2D eigenvalue weighted by atomic mass is 16.5. The summed E-state index contributed by atoms with van der Waals surface area (Å²) in [5.41, 5.74) is 1.16. The van der Waals surface area contributed by atoms with Crippen LogP contribution < -0.4 is 10.6 Å². The number of nitrogens with one attached hydrogen (secondary N) is 2. The number of hydrogen-bond donors (Lipinski definition) is 2. The molecule has 1 aromatic carbocycles.